The van der Waals surface area contributed by atoms with Gasteiger partial charge in [-0.1, -0.05) is 0 Å². The van der Waals surface area contributed by atoms with Crippen LogP contribution in [0.3, 0.4) is 0 Å². The van der Waals surface area contributed by atoms with Crippen LogP contribution in [0.4, 0.5) is 0 Å². The molecule has 2 heteroatoms. The van der Waals surface area contributed by atoms with Crippen molar-refractivity contribution >= 4 is 0 Å². The molecule has 1 saturated heterocycles. The quantitative estimate of drug-likeness (QED) is 0.477. The van der Waals surface area contributed by atoms with Crippen molar-refractivity contribution in [3.8, 4) is 0 Å². The number of nitrogens with zero attached hydrogens (tertiary/aromatic N) is 1. The highest BCUT2D eigenvalue weighted by Crippen LogP contribution is 2.14. The molecule has 0 aliphatic carbocycles. The molecular weight excluding hydrogens is 102 g/mol. The fraction of sp³-hybridized carbons (Fsp3) is 1.00. The molecule has 0 aromatic heterocycles. The van der Waals surface area contributed by atoms with E-state index >= 15 is 0 Å². The Bertz CT molecular complexity index is 72.6. The SMILES string of the molecule is CC1(O)CCC[N]C1. The third kappa shape index (κ3) is 1.46. The van der Waals surface area contributed by atoms with Crippen LogP contribution in [0.2, 0.25) is 0 Å². The van der Waals surface area contributed by atoms with Crippen LogP contribution in [0.1, 0.15) is 19.8 Å². The zero-order chi connectivity index (χ0) is 6.04. The Balaban J connectivity index is 2.33. The van der Waals surface area contributed by atoms with Gasteiger partial charge in [-0.25, -0.2) is 5.32 Å². The monoisotopic (exact) mass is 114 g/mol. The van der Waals surface area contributed by atoms with Crippen molar-refractivity contribution in [2.75, 3.05) is 13.1 Å². The normalized spacial score (nSPS) is 39.8. The topological polar surface area (TPSA) is 34.3 Å². The second-order valence-corrected chi connectivity index (χ2v) is 2.71. The largest absolute Gasteiger partial charge is 0.389 e. The molecular formula is C6H12NO. The maximum atomic E-state index is 9.28. The van der Waals surface area contributed by atoms with E-state index in [2.05, 4.69) is 5.32 Å². The lowest BCUT2D eigenvalue weighted by Gasteiger charge is -2.26. The van der Waals surface area contributed by atoms with Gasteiger partial charge in [0.05, 0.1) is 5.60 Å². The van der Waals surface area contributed by atoms with Crippen molar-refractivity contribution in [3.05, 3.63) is 0 Å². The molecule has 1 unspecified atom stereocenters. The summed E-state index contributed by atoms with van der Waals surface area (Å²) in [6.45, 7) is 3.42. The predicted molar refractivity (Wildman–Crippen MR) is 31.7 cm³/mol. The van der Waals surface area contributed by atoms with Gasteiger partial charge in [0, 0.05) is 13.1 Å². The van der Waals surface area contributed by atoms with Gasteiger partial charge in [-0.15, -0.1) is 0 Å². The van der Waals surface area contributed by atoms with Crippen LogP contribution in [0.25, 0.3) is 0 Å². The third-order valence-corrected chi connectivity index (χ3v) is 1.48. The molecule has 1 fully saturated rings. The molecule has 0 aromatic carbocycles. The minimum Gasteiger partial charge on any atom is -0.389 e. The first kappa shape index (κ1) is 6.05. The maximum Gasteiger partial charge on any atom is 0.0760 e. The Morgan fingerprint density at radius 3 is 2.62 bits per heavy atom. The van der Waals surface area contributed by atoms with Crippen LogP contribution < -0.4 is 5.32 Å². The minimum absolute atomic E-state index is 0.488. The predicted octanol–water partition coefficient (Wildman–Crippen LogP) is 0.136. The summed E-state index contributed by atoms with van der Waals surface area (Å²) in [6.07, 6.45) is 1.96. The van der Waals surface area contributed by atoms with E-state index in [1.807, 2.05) is 6.92 Å². The average Bonchev–Trinajstić information content (AvgIpc) is 1.65. The second kappa shape index (κ2) is 2.03. The van der Waals surface area contributed by atoms with Gasteiger partial charge in [0.25, 0.3) is 0 Å². The molecule has 1 heterocycles. The third-order valence-electron chi connectivity index (χ3n) is 1.48. The summed E-state index contributed by atoms with van der Waals surface area (Å²) in [5.74, 6) is 0. The van der Waals surface area contributed by atoms with E-state index in [4.69, 9.17) is 0 Å². The molecule has 0 bridgehead atoms. The molecule has 1 aliphatic rings. The molecule has 1 aliphatic heterocycles. The van der Waals surface area contributed by atoms with Crippen LogP contribution in [0.5, 0.6) is 0 Å². The molecule has 47 valence electrons. The lowest BCUT2D eigenvalue weighted by atomic mass is 9.97. The van der Waals surface area contributed by atoms with Crippen molar-refractivity contribution < 1.29 is 5.11 Å². The van der Waals surface area contributed by atoms with Crippen LogP contribution in [-0.2, 0) is 0 Å². The Kier molecular flexibility index (Phi) is 1.54. The summed E-state index contributed by atoms with van der Waals surface area (Å²) in [5.41, 5.74) is -0.488. The summed E-state index contributed by atoms with van der Waals surface area (Å²) in [7, 11) is 0. The first-order valence-corrected chi connectivity index (χ1v) is 3.06. The fourth-order valence-corrected chi connectivity index (χ4v) is 0.971. The van der Waals surface area contributed by atoms with Crippen molar-refractivity contribution in [2.24, 2.45) is 0 Å². The summed E-state index contributed by atoms with van der Waals surface area (Å²) in [6, 6.07) is 0. The van der Waals surface area contributed by atoms with Gasteiger partial charge in [-0.05, 0) is 19.8 Å². The number of hydrogen-bond donors (Lipinski definition) is 1. The smallest absolute Gasteiger partial charge is 0.0760 e. The van der Waals surface area contributed by atoms with Gasteiger partial charge >= 0.3 is 0 Å². The van der Waals surface area contributed by atoms with Crippen LogP contribution in [-0.4, -0.2) is 23.8 Å². The highest BCUT2D eigenvalue weighted by Gasteiger charge is 2.22. The van der Waals surface area contributed by atoms with Crippen molar-refractivity contribution in [2.45, 2.75) is 25.4 Å². The summed E-state index contributed by atoms with van der Waals surface area (Å²) in [5, 5.41) is 13.4. The second-order valence-electron chi connectivity index (χ2n) is 2.71. The van der Waals surface area contributed by atoms with Gasteiger partial charge in [-0.2, -0.15) is 0 Å². The lowest BCUT2D eigenvalue weighted by Crippen LogP contribution is -2.39. The average molecular weight is 114 g/mol. The van der Waals surface area contributed by atoms with E-state index in [1.165, 1.54) is 0 Å². The van der Waals surface area contributed by atoms with Crippen LogP contribution in [0, 0.1) is 0 Å². The molecule has 0 aromatic rings. The number of piperidine rings is 1. The molecule has 0 amide bonds. The van der Waals surface area contributed by atoms with E-state index in [1.54, 1.807) is 0 Å². The highest BCUT2D eigenvalue weighted by molar-refractivity contribution is 4.79. The summed E-state index contributed by atoms with van der Waals surface area (Å²) >= 11 is 0. The zero-order valence-corrected chi connectivity index (χ0v) is 5.22. The van der Waals surface area contributed by atoms with Gasteiger partial charge in [0.1, 0.15) is 0 Å². The number of aliphatic hydroxyl groups is 1. The fourth-order valence-electron chi connectivity index (χ4n) is 0.971. The van der Waals surface area contributed by atoms with E-state index in [0.29, 0.717) is 6.54 Å². The molecule has 0 saturated carbocycles. The Morgan fingerprint density at radius 1 is 1.62 bits per heavy atom. The van der Waals surface area contributed by atoms with Gasteiger partial charge < -0.3 is 5.11 Å². The Morgan fingerprint density at radius 2 is 2.38 bits per heavy atom. The maximum absolute atomic E-state index is 9.28. The van der Waals surface area contributed by atoms with E-state index in [-0.39, 0.29) is 0 Å². The number of hydrogen-bond acceptors (Lipinski definition) is 1. The van der Waals surface area contributed by atoms with Crippen molar-refractivity contribution in [3.63, 3.8) is 0 Å². The molecule has 2 nitrogen and oxygen atoms in total. The first-order valence-electron chi connectivity index (χ1n) is 3.06. The molecule has 1 rings (SSSR count). The van der Waals surface area contributed by atoms with Gasteiger partial charge in [-0.3, -0.25) is 0 Å². The Hall–Kier alpha value is -0.0800. The minimum atomic E-state index is -0.488. The van der Waals surface area contributed by atoms with E-state index in [0.717, 1.165) is 19.4 Å². The van der Waals surface area contributed by atoms with Gasteiger partial charge in [0.2, 0.25) is 0 Å². The zero-order valence-electron chi connectivity index (χ0n) is 5.22. The van der Waals surface area contributed by atoms with E-state index in [9.17, 15) is 5.11 Å². The standard InChI is InChI=1S/C6H12NO/c1-6(8)3-2-4-7-5-6/h8H,2-5H2,1H3. The first-order chi connectivity index (χ1) is 3.71. The van der Waals surface area contributed by atoms with Gasteiger partial charge in [0.15, 0.2) is 0 Å². The molecule has 0 spiro atoms. The summed E-state index contributed by atoms with van der Waals surface area (Å²) < 4.78 is 0. The van der Waals surface area contributed by atoms with Crippen molar-refractivity contribution in [1.82, 2.24) is 5.32 Å². The van der Waals surface area contributed by atoms with Crippen molar-refractivity contribution in [1.29, 1.82) is 0 Å². The summed E-state index contributed by atoms with van der Waals surface area (Å²) in [4.78, 5) is 0. The molecule has 1 atom stereocenters. The van der Waals surface area contributed by atoms with Crippen LogP contribution >= 0.6 is 0 Å². The van der Waals surface area contributed by atoms with Crippen LogP contribution in [0.15, 0.2) is 0 Å². The van der Waals surface area contributed by atoms with E-state index < -0.39 is 5.60 Å². The Labute approximate surface area is 49.9 Å². The molecule has 8 heavy (non-hydrogen) atoms. The highest BCUT2D eigenvalue weighted by atomic mass is 16.3. The molecule has 1 radical (unpaired) electrons. The lowest BCUT2D eigenvalue weighted by molar-refractivity contribution is 0.0338. The number of rotatable bonds is 0. The molecule has 1 N–H and O–H groups in total.